The van der Waals surface area contributed by atoms with Gasteiger partial charge in [-0.3, -0.25) is 0 Å². The molecule has 0 aliphatic carbocycles. The molecule has 27 heavy (non-hydrogen) atoms. The third-order valence-corrected chi connectivity index (χ3v) is 6.76. The van der Waals surface area contributed by atoms with Gasteiger partial charge in [0.25, 0.3) is 0 Å². The van der Waals surface area contributed by atoms with Crippen LogP contribution >= 0.6 is 34.0 Å². The summed E-state index contributed by atoms with van der Waals surface area (Å²) in [5.74, 6) is 0. The van der Waals surface area contributed by atoms with Crippen LogP contribution in [0.1, 0.15) is 0 Å². The lowest BCUT2D eigenvalue weighted by Crippen LogP contribution is -1.97. The van der Waals surface area contributed by atoms with Crippen LogP contribution in [0.2, 0.25) is 0 Å². The third-order valence-electron chi connectivity index (χ3n) is 4.60. The first-order valence-corrected chi connectivity index (χ1v) is 10.9. The van der Waals surface area contributed by atoms with E-state index in [2.05, 4.69) is 0 Å². The number of hydrogen-bond acceptors (Lipinski definition) is 9. The van der Waals surface area contributed by atoms with E-state index in [-0.39, 0.29) is 0 Å². The van der Waals surface area contributed by atoms with E-state index in [9.17, 15) is 0 Å². The number of aromatic nitrogens is 6. The molecule has 126 valence electrons. The van der Waals surface area contributed by atoms with Gasteiger partial charge in [0.1, 0.15) is 66.2 Å². The molecule has 6 aromatic heterocycles. The van der Waals surface area contributed by atoms with Crippen LogP contribution in [0.3, 0.4) is 0 Å². The van der Waals surface area contributed by atoms with Gasteiger partial charge in [0.05, 0.1) is 0 Å². The highest BCUT2D eigenvalue weighted by Crippen LogP contribution is 2.34. The van der Waals surface area contributed by atoms with Gasteiger partial charge < -0.3 is 0 Å². The number of benzene rings is 1. The summed E-state index contributed by atoms with van der Waals surface area (Å²) in [5, 5.41) is 12.0. The summed E-state index contributed by atoms with van der Waals surface area (Å²) in [6.07, 6.45) is 0. The lowest BCUT2D eigenvalue weighted by atomic mass is 10.1. The predicted octanol–water partition coefficient (Wildman–Crippen LogP) is 5.16. The lowest BCUT2D eigenvalue weighted by molar-refractivity contribution is 1.35. The maximum atomic E-state index is 4.86. The Balaban J connectivity index is 1.87. The van der Waals surface area contributed by atoms with E-state index in [1.807, 2.05) is 32.3 Å². The Morgan fingerprint density at radius 3 is 0.704 bits per heavy atom. The molecule has 0 spiro atoms. The molecule has 0 N–H and O–H groups in total. The zero-order valence-electron chi connectivity index (χ0n) is 13.4. The van der Waals surface area contributed by atoms with Crippen molar-refractivity contribution in [2.45, 2.75) is 0 Å². The van der Waals surface area contributed by atoms with Crippen LogP contribution in [-0.2, 0) is 0 Å². The van der Waals surface area contributed by atoms with Crippen molar-refractivity contribution in [3.05, 3.63) is 32.3 Å². The molecule has 7 rings (SSSR count). The van der Waals surface area contributed by atoms with Gasteiger partial charge in [-0.1, -0.05) is 0 Å². The number of thiophene rings is 3. The molecule has 1 aromatic carbocycles. The second-order valence-electron chi connectivity index (χ2n) is 6.19. The standard InChI is InChI=1S/C18H6N6S3/c1-7-8(2-25-1)20-14-13(19-7)15-17(23-10-4-26-3-9(10)21-15)18-16(14)22-11-5-27-6-12(11)24-18/h1-6H. The van der Waals surface area contributed by atoms with E-state index in [1.54, 1.807) is 34.0 Å². The maximum absolute atomic E-state index is 4.86. The molecule has 6 nitrogen and oxygen atoms in total. The van der Waals surface area contributed by atoms with Crippen molar-refractivity contribution in [3.8, 4) is 0 Å². The Morgan fingerprint density at radius 1 is 0.333 bits per heavy atom. The quantitative estimate of drug-likeness (QED) is 0.326. The molecule has 0 atom stereocenters. The normalized spacial score (nSPS) is 12.4. The average molecular weight is 402 g/mol. The van der Waals surface area contributed by atoms with Gasteiger partial charge in [0.15, 0.2) is 0 Å². The van der Waals surface area contributed by atoms with Crippen LogP contribution in [0.5, 0.6) is 0 Å². The van der Waals surface area contributed by atoms with Gasteiger partial charge in [-0.2, -0.15) is 0 Å². The topological polar surface area (TPSA) is 77.3 Å². The van der Waals surface area contributed by atoms with E-state index in [4.69, 9.17) is 29.9 Å². The monoisotopic (exact) mass is 402 g/mol. The summed E-state index contributed by atoms with van der Waals surface area (Å²) in [5.41, 5.74) is 9.57. The molecule has 0 aliphatic rings. The fourth-order valence-electron chi connectivity index (χ4n) is 3.38. The second kappa shape index (κ2) is 4.89. The van der Waals surface area contributed by atoms with Crippen molar-refractivity contribution in [1.29, 1.82) is 0 Å². The van der Waals surface area contributed by atoms with E-state index in [1.165, 1.54) is 0 Å². The van der Waals surface area contributed by atoms with E-state index < -0.39 is 0 Å². The van der Waals surface area contributed by atoms with Crippen molar-refractivity contribution in [3.63, 3.8) is 0 Å². The van der Waals surface area contributed by atoms with Gasteiger partial charge in [0, 0.05) is 32.3 Å². The van der Waals surface area contributed by atoms with E-state index >= 15 is 0 Å². The van der Waals surface area contributed by atoms with Gasteiger partial charge in [-0.05, 0) is 0 Å². The summed E-state index contributed by atoms with van der Waals surface area (Å²) in [6, 6.07) is 0. The average Bonchev–Trinajstić information content (AvgIpc) is 3.43. The van der Waals surface area contributed by atoms with Crippen LogP contribution in [0, 0.1) is 0 Å². The minimum atomic E-state index is 0.730. The van der Waals surface area contributed by atoms with Crippen molar-refractivity contribution in [1.82, 2.24) is 29.9 Å². The molecule has 7 aromatic rings. The van der Waals surface area contributed by atoms with Crippen LogP contribution < -0.4 is 0 Å². The van der Waals surface area contributed by atoms with Crippen molar-refractivity contribution >= 4 is 100 Å². The molecular weight excluding hydrogens is 396 g/mol. The minimum absolute atomic E-state index is 0.730. The van der Waals surface area contributed by atoms with E-state index in [0.717, 1.165) is 66.2 Å². The maximum Gasteiger partial charge on any atom is 0.120 e. The van der Waals surface area contributed by atoms with Gasteiger partial charge >= 0.3 is 0 Å². The highest BCUT2D eigenvalue weighted by atomic mass is 32.1. The fraction of sp³-hybridized carbons (Fsp3) is 0. The molecule has 0 bridgehead atoms. The highest BCUT2D eigenvalue weighted by molar-refractivity contribution is 7.09. The Hall–Kier alpha value is -2.88. The molecule has 9 heteroatoms. The molecule has 6 heterocycles. The summed E-state index contributed by atoms with van der Waals surface area (Å²) < 4.78 is 0. The van der Waals surface area contributed by atoms with E-state index in [0.29, 0.717) is 0 Å². The summed E-state index contributed by atoms with van der Waals surface area (Å²) in [4.78, 5) is 29.2. The third kappa shape index (κ3) is 1.83. The zero-order valence-corrected chi connectivity index (χ0v) is 15.8. The molecular formula is C18H6N6S3. The first kappa shape index (κ1) is 14.2. The van der Waals surface area contributed by atoms with Gasteiger partial charge in [-0.25, -0.2) is 29.9 Å². The Morgan fingerprint density at radius 2 is 0.519 bits per heavy atom. The number of rotatable bonds is 0. The molecule has 0 saturated heterocycles. The molecule has 0 saturated carbocycles. The fourth-order valence-corrected chi connectivity index (χ4v) is 5.40. The molecule has 0 unspecified atom stereocenters. The highest BCUT2D eigenvalue weighted by Gasteiger charge is 2.19. The summed E-state index contributed by atoms with van der Waals surface area (Å²) >= 11 is 4.77. The Kier molecular flexibility index (Phi) is 2.57. The summed E-state index contributed by atoms with van der Waals surface area (Å²) in [7, 11) is 0. The first-order chi connectivity index (χ1) is 13.3. The molecule has 0 fully saturated rings. The second-order valence-corrected chi connectivity index (χ2v) is 8.42. The largest absolute Gasteiger partial charge is 0.241 e. The zero-order chi connectivity index (χ0) is 17.5. The molecule has 0 amide bonds. The number of nitrogens with zero attached hydrogens (tertiary/aromatic N) is 6. The van der Waals surface area contributed by atoms with Crippen LogP contribution in [0.4, 0.5) is 0 Å². The molecule has 0 radical (unpaired) electrons. The number of hydrogen-bond donors (Lipinski definition) is 0. The molecule has 0 aliphatic heterocycles. The lowest BCUT2D eigenvalue weighted by Gasteiger charge is -2.07. The van der Waals surface area contributed by atoms with Crippen molar-refractivity contribution < 1.29 is 0 Å². The number of fused-ring (bicyclic) bond motifs is 9. The van der Waals surface area contributed by atoms with Crippen LogP contribution in [0.25, 0.3) is 66.2 Å². The SMILES string of the molecule is c1scc2nc3c(nc12)c1nc2cscc2nc1c1nc2cscc2nc31. The van der Waals surface area contributed by atoms with Crippen molar-refractivity contribution in [2.75, 3.05) is 0 Å². The first-order valence-electron chi connectivity index (χ1n) is 8.08. The Bertz CT molecular complexity index is 1350. The van der Waals surface area contributed by atoms with Gasteiger partial charge in [0.2, 0.25) is 0 Å². The van der Waals surface area contributed by atoms with Crippen LogP contribution in [0.15, 0.2) is 32.3 Å². The predicted molar refractivity (Wildman–Crippen MR) is 112 cm³/mol. The minimum Gasteiger partial charge on any atom is -0.241 e. The van der Waals surface area contributed by atoms with Crippen LogP contribution in [-0.4, -0.2) is 29.9 Å². The van der Waals surface area contributed by atoms with Crippen molar-refractivity contribution in [2.24, 2.45) is 0 Å². The Labute approximate surface area is 162 Å². The smallest absolute Gasteiger partial charge is 0.120 e. The summed E-state index contributed by atoms with van der Waals surface area (Å²) in [6.45, 7) is 0. The van der Waals surface area contributed by atoms with Gasteiger partial charge in [-0.15, -0.1) is 34.0 Å².